The number of benzene rings is 2. The van der Waals surface area contributed by atoms with Crippen molar-refractivity contribution >= 4 is 0 Å². The minimum absolute atomic E-state index is 0.0991. The van der Waals surface area contributed by atoms with Gasteiger partial charge in [0.15, 0.2) is 0 Å². The van der Waals surface area contributed by atoms with E-state index in [9.17, 15) is 26.3 Å². The SMILES string of the molecule is Cc1cc(F)c(C(F)(F)Oc2cc(F)c(C)c(F)c2)c(F)c1. The molecule has 22 heavy (non-hydrogen) atoms. The zero-order chi connectivity index (χ0) is 16.7. The van der Waals surface area contributed by atoms with Crippen molar-refractivity contribution in [1.82, 2.24) is 0 Å². The van der Waals surface area contributed by atoms with E-state index < -0.39 is 40.7 Å². The second-order valence-corrected chi connectivity index (χ2v) is 4.73. The molecule has 2 aromatic rings. The molecule has 0 radical (unpaired) electrons. The molecule has 0 heterocycles. The summed E-state index contributed by atoms with van der Waals surface area (Å²) in [6, 6.07) is 2.42. The summed E-state index contributed by atoms with van der Waals surface area (Å²) in [5, 5.41) is 0. The Balaban J connectivity index is 2.44. The summed E-state index contributed by atoms with van der Waals surface area (Å²) in [5.74, 6) is -6.15. The van der Waals surface area contributed by atoms with Crippen molar-refractivity contribution in [3.05, 3.63) is 64.2 Å². The first-order valence-corrected chi connectivity index (χ1v) is 6.10. The maximum absolute atomic E-state index is 13.9. The van der Waals surface area contributed by atoms with Crippen LogP contribution in [-0.4, -0.2) is 0 Å². The van der Waals surface area contributed by atoms with Crippen LogP contribution in [0.1, 0.15) is 16.7 Å². The number of alkyl halides is 2. The lowest BCUT2D eigenvalue weighted by Gasteiger charge is -2.20. The van der Waals surface area contributed by atoms with E-state index in [1.807, 2.05) is 0 Å². The first kappa shape index (κ1) is 16.2. The van der Waals surface area contributed by atoms with Crippen LogP contribution in [0, 0.1) is 37.1 Å². The van der Waals surface area contributed by atoms with Gasteiger partial charge in [-0.15, -0.1) is 0 Å². The largest absolute Gasteiger partial charge is 0.432 e. The summed E-state index contributed by atoms with van der Waals surface area (Å²) in [6.07, 6.45) is -4.43. The molecule has 0 aliphatic heterocycles. The third-order valence-electron chi connectivity index (χ3n) is 2.98. The zero-order valence-corrected chi connectivity index (χ0v) is 11.5. The van der Waals surface area contributed by atoms with Gasteiger partial charge in [-0.25, -0.2) is 17.6 Å². The maximum Gasteiger partial charge on any atom is 0.432 e. The van der Waals surface area contributed by atoms with Gasteiger partial charge in [-0.2, -0.15) is 8.78 Å². The van der Waals surface area contributed by atoms with Crippen LogP contribution in [0.25, 0.3) is 0 Å². The smallest absolute Gasteiger partial charge is 0.429 e. The number of ether oxygens (including phenoxy) is 1. The summed E-state index contributed by atoms with van der Waals surface area (Å²) in [6.45, 7) is 2.42. The van der Waals surface area contributed by atoms with E-state index in [0.29, 0.717) is 24.3 Å². The molecule has 0 unspecified atom stereocenters. The van der Waals surface area contributed by atoms with Crippen molar-refractivity contribution in [2.45, 2.75) is 20.0 Å². The van der Waals surface area contributed by atoms with Gasteiger partial charge in [0.2, 0.25) is 0 Å². The Kier molecular flexibility index (Phi) is 4.08. The van der Waals surface area contributed by atoms with Crippen LogP contribution in [-0.2, 0) is 6.11 Å². The Bertz CT molecular complexity index is 680. The summed E-state index contributed by atoms with van der Waals surface area (Å²) in [7, 11) is 0. The highest BCUT2D eigenvalue weighted by molar-refractivity contribution is 5.32. The van der Waals surface area contributed by atoms with Crippen LogP contribution in [0.4, 0.5) is 26.3 Å². The van der Waals surface area contributed by atoms with Gasteiger partial charge in [-0.1, -0.05) is 0 Å². The van der Waals surface area contributed by atoms with E-state index in [0.717, 1.165) is 6.92 Å². The highest BCUT2D eigenvalue weighted by atomic mass is 19.3. The molecule has 0 spiro atoms. The molecule has 0 aliphatic rings. The van der Waals surface area contributed by atoms with Gasteiger partial charge >= 0.3 is 6.11 Å². The first-order valence-electron chi connectivity index (χ1n) is 6.10. The number of rotatable bonds is 3. The molecule has 0 saturated carbocycles. The topological polar surface area (TPSA) is 9.23 Å². The number of halogens is 6. The van der Waals surface area contributed by atoms with Gasteiger partial charge < -0.3 is 4.74 Å². The standard InChI is InChI=1S/C15H10F6O/c1-7-3-12(18)14(13(19)4-7)15(20,21)22-9-5-10(16)8(2)11(17)6-9/h3-6H,1-2H3. The van der Waals surface area contributed by atoms with Crippen LogP contribution < -0.4 is 4.74 Å². The Morgan fingerprint density at radius 3 is 1.68 bits per heavy atom. The van der Waals surface area contributed by atoms with Crippen LogP contribution in [0.5, 0.6) is 5.75 Å². The van der Waals surface area contributed by atoms with Crippen molar-refractivity contribution in [2.75, 3.05) is 0 Å². The molecule has 0 N–H and O–H groups in total. The van der Waals surface area contributed by atoms with Gasteiger partial charge in [-0.3, -0.25) is 0 Å². The number of hydrogen-bond acceptors (Lipinski definition) is 1. The Morgan fingerprint density at radius 2 is 1.23 bits per heavy atom. The van der Waals surface area contributed by atoms with E-state index in [4.69, 9.17) is 0 Å². The second kappa shape index (κ2) is 5.55. The molecule has 0 amide bonds. The fourth-order valence-corrected chi connectivity index (χ4v) is 1.86. The third-order valence-corrected chi connectivity index (χ3v) is 2.98. The van der Waals surface area contributed by atoms with Crippen molar-refractivity contribution in [3.63, 3.8) is 0 Å². The minimum Gasteiger partial charge on any atom is -0.429 e. The van der Waals surface area contributed by atoms with Crippen LogP contribution in [0.2, 0.25) is 0 Å². The van der Waals surface area contributed by atoms with Crippen LogP contribution in [0.3, 0.4) is 0 Å². The molecule has 0 aromatic heterocycles. The van der Waals surface area contributed by atoms with Gasteiger partial charge in [-0.05, 0) is 31.5 Å². The van der Waals surface area contributed by atoms with Crippen molar-refractivity contribution < 1.29 is 31.1 Å². The van der Waals surface area contributed by atoms with Gasteiger partial charge in [0.25, 0.3) is 0 Å². The summed E-state index contributed by atoms with van der Waals surface area (Å²) in [4.78, 5) is 0. The zero-order valence-electron chi connectivity index (χ0n) is 11.5. The Hall–Kier alpha value is -2.18. The lowest BCUT2D eigenvalue weighted by atomic mass is 10.1. The van der Waals surface area contributed by atoms with Crippen molar-refractivity contribution in [2.24, 2.45) is 0 Å². The molecule has 2 aromatic carbocycles. The molecule has 1 nitrogen and oxygen atoms in total. The summed E-state index contributed by atoms with van der Waals surface area (Å²) >= 11 is 0. The molecular weight excluding hydrogens is 310 g/mol. The lowest BCUT2D eigenvalue weighted by molar-refractivity contribution is -0.189. The van der Waals surface area contributed by atoms with E-state index in [1.54, 1.807) is 0 Å². The predicted octanol–water partition coefficient (Wildman–Crippen LogP) is 4.99. The lowest BCUT2D eigenvalue weighted by Crippen LogP contribution is -2.25. The van der Waals surface area contributed by atoms with E-state index >= 15 is 0 Å². The number of aryl methyl sites for hydroxylation is 1. The van der Waals surface area contributed by atoms with Gasteiger partial charge in [0.05, 0.1) is 0 Å². The van der Waals surface area contributed by atoms with Gasteiger partial charge in [0, 0.05) is 17.7 Å². The molecule has 0 atom stereocenters. The van der Waals surface area contributed by atoms with E-state index in [-0.39, 0.29) is 11.1 Å². The fourth-order valence-electron chi connectivity index (χ4n) is 1.86. The number of hydrogen-bond donors (Lipinski definition) is 0. The molecule has 7 heteroatoms. The van der Waals surface area contributed by atoms with Crippen LogP contribution >= 0.6 is 0 Å². The van der Waals surface area contributed by atoms with Gasteiger partial charge in [0.1, 0.15) is 34.6 Å². The molecule has 0 fully saturated rings. The average Bonchev–Trinajstić information content (AvgIpc) is 2.33. The van der Waals surface area contributed by atoms with Crippen molar-refractivity contribution in [3.8, 4) is 5.75 Å². The highest BCUT2D eigenvalue weighted by Crippen LogP contribution is 2.36. The fraction of sp³-hybridized carbons (Fsp3) is 0.200. The highest BCUT2D eigenvalue weighted by Gasteiger charge is 2.41. The van der Waals surface area contributed by atoms with E-state index in [2.05, 4.69) is 4.74 Å². The summed E-state index contributed by atoms with van der Waals surface area (Å²) < 4.78 is 85.7. The monoisotopic (exact) mass is 320 g/mol. The van der Waals surface area contributed by atoms with Crippen molar-refractivity contribution in [1.29, 1.82) is 0 Å². The molecular formula is C15H10F6O. The molecule has 2 rings (SSSR count). The third kappa shape index (κ3) is 3.03. The summed E-state index contributed by atoms with van der Waals surface area (Å²) in [5.41, 5.74) is -1.91. The molecule has 0 saturated heterocycles. The first-order chi connectivity index (χ1) is 10.1. The molecule has 0 bridgehead atoms. The Morgan fingerprint density at radius 1 is 0.773 bits per heavy atom. The Labute approximate surface area is 122 Å². The van der Waals surface area contributed by atoms with E-state index in [1.165, 1.54) is 6.92 Å². The van der Waals surface area contributed by atoms with Crippen LogP contribution in [0.15, 0.2) is 24.3 Å². The average molecular weight is 320 g/mol. The molecule has 0 aliphatic carbocycles. The molecule has 118 valence electrons. The second-order valence-electron chi connectivity index (χ2n) is 4.73. The predicted molar refractivity (Wildman–Crippen MR) is 66.7 cm³/mol. The quantitative estimate of drug-likeness (QED) is 0.724. The maximum atomic E-state index is 13.9. The minimum atomic E-state index is -4.43. The normalized spacial score (nSPS) is 11.6.